The van der Waals surface area contributed by atoms with E-state index in [1.54, 1.807) is 0 Å². The zero-order valence-electron chi connectivity index (χ0n) is 11.9. The Morgan fingerprint density at radius 2 is 1.26 bits per heavy atom. The van der Waals surface area contributed by atoms with Crippen molar-refractivity contribution in [2.75, 3.05) is 17.2 Å². The van der Waals surface area contributed by atoms with E-state index in [0.29, 0.717) is 6.04 Å². The van der Waals surface area contributed by atoms with Crippen LogP contribution in [0, 0.1) is 13.8 Å². The fourth-order valence-corrected chi connectivity index (χ4v) is 1.93. The number of anilines is 2. The van der Waals surface area contributed by atoms with Gasteiger partial charge in [-0.2, -0.15) is 0 Å². The maximum Gasteiger partial charge on any atom is 0.0405 e. The summed E-state index contributed by atoms with van der Waals surface area (Å²) in [7, 11) is 0. The predicted octanol–water partition coefficient (Wildman–Crippen LogP) is 4.22. The van der Waals surface area contributed by atoms with E-state index in [1.165, 1.54) is 22.5 Å². The van der Waals surface area contributed by atoms with Crippen molar-refractivity contribution in [1.29, 1.82) is 0 Å². The van der Waals surface area contributed by atoms with Crippen LogP contribution in [0.1, 0.15) is 18.1 Å². The average molecular weight is 254 g/mol. The van der Waals surface area contributed by atoms with Gasteiger partial charge in [0.05, 0.1) is 0 Å². The van der Waals surface area contributed by atoms with E-state index < -0.39 is 0 Å². The highest BCUT2D eigenvalue weighted by Crippen LogP contribution is 2.11. The van der Waals surface area contributed by atoms with Gasteiger partial charge < -0.3 is 10.6 Å². The largest absolute Gasteiger partial charge is 0.383 e. The van der Waals surface area contributed by atoms with E-state index in [2.05, 4.69) is 79.9 Å². The summed E-state index contributed by atoms with van der Waals surface area (Å²) in [4.78, 5) is 0. The van der Waals surface area contributed by atoms with Gasteiger partial charge in [0.25, 0.3) is 0 Å². The standard InChI is InChI=1S/C17H22N2/c1-13-4-8-16(9-5-13)18-12-15(3)19-17-10-6-14(2)7-11-17/h4-11,15,18-19H,12H2,1-3H3. The van der Waals surface area contributed by atoms with Crippen LogP contribution >= 0.6 is 0 Å². The highest BCUT2D eigenvalue weighted by molar-refractivity contribution is 5.47. The van der Waals surface area contributed by atoms with Gasteiger partial charge in [-0.3, -0.25) is 0 Å². The van der Waals surface area contributed by atoms with Gasteiger partial charge in [-0.1, -0.05) is 35.4 Å². The van der Waals surface area contributed by atoms with E-state index in [1.807, 2.05) is 0 Å². The molecule has 2 aromatic carbocycles. The number of rotatable bonds is 5. The van der Waals surface area contributed by atoms with Crippen molar-refractivity contribution >= 4 is 11.4 Å². The first-order valence-electron chi connectivity index (χ1n) is 6.77. The van der Waals surface area contributed by atoms with Gasteiger partial charge in [0.1, 0.15) is 0 Å². The molecule has 0 aliphatic rings. The van der Waals surface area contributed by atoms with E-state index in [0.717, 1.165) is 6.54 Å². The first-order valence-corrected chi connectivity index (χ1v) is 6.77. The molecule has 0 fully saturated rings. The molecule has 0 aliphatic carbocycles. The second kappa shape index (κ2) is 6.28. The van der Waals surface area contributed by atoms with Gasteiger partial charge in [0.15, 0.2) is 0 Å². The second-order valence-electron chi connectivity index (χ2n) is 5.16. The Morgan fingerprint density at radius 1 is 0.789 bits per heavy atom. The third-order valence-electron chi connectivity index (χ3n) is 3.13. The normalized spacial score (nSPS) is 11.9. The van der Waals surface area contributed by atoms with Crippen LogP contribution in [0.2, 0.25) is 0 Å². The summed E-state index contributed by atoms with van der Waals surface area (Å²) < 4.78 is 0. The molecule has 2 N–H and O–H groups in total. The molecule has 19 heavy (non-hydrogen) atoms. The van der Waals surface area contributed by atoms with Crippen LogP contribution in [0.4, 0.5) is 11.4 Å². The van der Waals surface area contributed by atoms with Crippen LogP contribution in [0.3, 0.4) is 0 Å². The summed E-state index contributed by atoms with van der Waals surface area (Å²) in [5.74, 6) is 0. The number of benzene rings is 2. The van der Waals surface area contributed by atoms with Gasteiger partial charge >= 0.3 is 0 Å². The van der Waals surface area contributed by atoms with Gasteiger partial charge in [-0.05, 0) is 45.0 Å². The first-order chi connectivity index (χ1) is 9.13. The lowest BCUT2D eigenvalue weighted by Crippen LogP contribution is -2.24. The van der Waals surface area contributed by atoms with Gasteiger partial charge in [0.2, 0.25) is 0 Å². The van der Waals surface area contributed by atoms with Crippen molar-refractivity contribution in [2.24, 2.45) is 0 Å². The Kier molecular flexibility index (Phi) is 4.45. The zero-order chi connectivity index (χ0) is 13.7. The fourth-order valence-electron chi connectivity index (χ4n) is 1.93. The molecule has 2 nitrogen and oxygen atoms in total. The van der Waals surface area contributed by atoms with E-state index in [9.17, 15) is 0 Å². The molecule has 0 saturated carbocycles. The molecule has 0 radical (unpaired) electrons. The van der Waals surface area contributed by atoms with Crippen molar-refractivity contribution in [1.82, 2.24) is 0 Å². The topological polar surface area (TPSA) is 24.1 Å². The highest BCUT2D eigenvalue weighted by atomic mass is 15.0. The molecular formula is C17H22N2. The summed E-state index contributed by atoms with van der Waals surface area (Å²) in [6, 6.07) is 17.4. The zero-order valence-corrected chi connectivity index (χ0v) is 11.9. The van der Waals surface area contributed by atoms with E-state index >= 15 is 0 Å². The number of hydrogen-bond donors (Lipinski definition) is 2. The third kappa shape index (κ3) is 4.32. The maximum absolute atomic E-state index is 3.49. The van der Waals surface area contributed by atoms with Crippen LogP contribution in [0.15, 0.2) is 48.5 Å². The molecule has 2 heteroatoms. The molecule has 2 aromatic rings. The Hall–Kier alpha value is -1.96. The fraction of sp³-hybridized carbons (Fsp3) is 0.294. The molecule has 0 aliphatic heterocycles. The molecule has 1 unspecified atom stereocenters. The summed E-state index contributed by atoms with van der Waals surface area (Å²) in [5.41, 5.74) is 4.92. The minimum absolute atomic E-state index is 0.379. The molecule has 0 spiro atoms. The van der Waals surface area contributed by atoms with Crippen LogP contribution in [0.25, 0.3) is 0 Å². The van der Waals surface area contributed by atoms with Crippen molar-refractivity contribution in [3.05, 3.63) is 59.7 Å². The summed E-state index contributed by atoms with van der Waals surface area (Å²) in [6.45, 7) is 7.29. The number of aryl methyl sites for hydroxylation is 2. The minimum Gasteiger partial charge on any atom is -0.383 e. The molecule has 0 bridgehead atoms. The summed E-state index contributed by atoms with van der Waals surface area (Å²) in [6.07, 6.45) is 0. The first kappa shape index (κ1) is 13.5. The predicted molar refractivity (Wildman–Crippen MR) is 83.9 cm³/mol. The molecule has 0 saturated heterocycles. The number of nitrogens with one attached hydrogen (secondary N) is 2. The van der Waals surface area contributed by atoms with E-state index in [-0.39, 0.29) is 0 Å². The lowest BCUT2D eigenvalue weighted by atomic mass is 10.2. The van der Waals surface area contributed by atoms with E-state index in [4.69, 9.17) is 0 Å². The summed E-state index contributed by atoms with van der Waals surface area (Å²) in [5, 5.41) is 6.93. The number of hydrogen-bond acceptors (Lipinski definition) is 2. The van der Waals surface area contributed by atoms with Crippen LogP contribution < -0.4 is 10.6 Å². The molecular weight excluding hydrogens is 232 g/mol. The quantitative estimate of drug-likeness (QED) is 0.835. The van der Waals surface area contributed by atoms with Crippen molar-refractivity contribution in [3.8, 4) is 0 Å². The molecule has 0 aromatic heterocycles. The average Bonchev–Trinajstić information content (AvgIpc) is 2.41. The smallest absolute Gasteiger partial charge is 0.0405 e. The van der Waals surface area contributed by atoms with Crippen LogP contribution in [-0.4, -0.2) is 12.6 Å². The van der Waals surface area contributed by atoms with Crippen molar-refractivity contribution < 1.29 is 0 Å². The van der Waals surface area contributed by atoms with Gasteiger partial charge in [-0.25, -0.2) is 0 Å². The Morgan fingerprint density at radius 3 is 1.79 bits per heavy atom. The van der Waals surface area contributed by atoms with Crippen LogP contribution in [-0.2, 0) is 0 Å². The molecule has 1 atom stereocenters. The summed E-state index contributed by atoms with van der Waals surface area (Å²) >= 11 is 0. The third-order valence-corrected chi connectivity index (χ3v) is 3.13. The maximum atomic E-state index is 3.49. The monoisotopic (exact) mass is 254 g/mol. The molecule has 0 heterocycles. The van der Waals surface area contributed by atoms with Gasteiger partial charge in [0, 0.05) is 24.0 Å². The molecule has 2 rings (SSSR count). The van der Waals surface area contributed by atoms with Crippen molar-refractivity contribution in [2.45, 2.75) is 26.8 Å². The Balaban J connectivity index is 1.82. The van der Waals surface area contributed by atoms with Crippen LogP contribution in [0.5, 0.6) is 0 Å². The van der Waals surface area contributed by atoms with Gasteiger partial charge in [-0.15, -0.1) is 0 Å². The van der Waals surface area contributed by atoms with Crippen molar-refractivity contribution in [3.63, 3.8) is 0 Å². The highest BCUT2D eigenvalue weighted by Gasteiger charge is 2.01. The Labute approximate surface area is 115 Å². The minimum atomic E-state index is 0.379. The second-order valence-corrected chi connectivity index (χ2v) is 5.16. The lowest BCUT2D eigenvalue weighted by molar-refractivity contribution is 0.835. The molecule has 100 valence electrons. The Bertz CT molecular complexity index is 500. The molecule has 0 amide bonds. The SMILES string of the molecule is Cc1ccc(NCC(C)Nc2ccc(C)cc2)cc1. The lowest BCUT2D eigenvalue weighted by Gasteiger charge is -2.17.